The highest BCUT2D eigenvalue weighted by Gasteiger charge is 2.37. The highest BCUT2D eigenvalue weighted by molar-refractivity contribution is 4.99. The molecule has 5 heteroatoms. The van der Waals surface area contributed by atoms with Crippen molar-refractivity contribution in [2.24, 2.45) is 0 Å². The van der Waals surface area contributed by atoms with Gasteiger partial charge in [0.25, 0.3) is 0 Å². The lowest BCUT2D eigenvalue weighted by molar-refractivity contribution is 0.00628. The summed E-state index contributed by atoms with van der Waals surface area (Å²) in [7, 11) is 0. The van der Waals surface area contributed by atoms with E-state index in [2.05, 4.69) is 19.8 Å². The van der Waals surface area contributed by atoms with Crippen molar-refractivity contribution in [3.8, 4) is 0 Å². The van der Waals surface area contributed by atoms with E-state index < -0.39 is 5.60 Å². The Hall–Kier alpha value is -0.910. The summed E-state index contributed by atoms with van der Waals surface area (Å²) in [6.07, 6.45) is 8.38. The molecule has 1 aromatic rings. The first-order chi connectivity index (χ1) is 9.23. The van der Waals surface area contributed by atoms with Crippen molar-refractivity contribution in [2.75, 3.05) is 32.7 Å². The Morgan fingerprint density at radius 2 is 2.05 bits per heavy atom. The summed E-state index contributed by atoms with van der Waals surface area (Å²) >= 11 is 0. The quantitative estimate of drug-likeness (QED) is 0.846. The number of imidazole rings is 1. The van der Waals surface area contributed by atoms with Crippen molar-refractivity contribution >= 4 is 0 Å². The molecule has 3 rings (SSSR count). The van der Waals surface area contributed by atoms with Gasteiger partial charge in [-0.05, 0) is 32.4 Å². The summed E-state index contributed by atoms with van der Waals surface area (Å²) < 4.78 is 0. The van der Waals surface area contributed by atoms with Crippen molar-refractivity contribution in [2.45, 2.75) is 37.8 Å². The third kappa shape index (κ3) is 3.35. The summed E-state index contributed by atoms with van der Waals surface area (Å²) in [5, 5.41) is 10.7. The zero-order valence-corrected chi connectivity index (χ0v) is 11.5. The standard InChI is InChI=1S/C14H24N4O/c19-14(10-17-5-2-1-3-6-17)4-7-18(11-14)9-13-8-15-12-16-13/h8,12,19H,1-7,9-11H2,(H,15,16)/t14-/m1/s1. The number of piperidine rings is 1. The molecule has 1 aromatic heterocycles. The summed E-state index contributed by atoms with van der Waals surface area (Å²) in [6.45, 7) is 5.77. The Morgan fingerprint density at radius 1 is 1.21 bits per heavy atom. The first kappa shape index (κ1) is 13.1. The van der Waals surface area contributed by atoms with E-state index in [1.54, 1.807) is 6.33 Å². The number of rotatable bonds is 4. The van der Waals surface area contributed by atoms with E-state index in [0.29, 0.717) is 0 Å². The largest absolute Gasteiger partial charge is 0.387 e. The molecule has 0 saturated carbocycles. The van der Waals surface area contributed by atoms with E-state index in [0.717, 1.165) is 51.4 Å². The molecule has 106 valence electrons. The topological polar surface area (TPSA) is 55.4 Å². The second-order valence-corrected chi connectivity index (χ2v) is 6.10. The van der Waals surface area contributed by atoms with Crippen LogP contribution in [0.15, 0.2) is 12.5 Å². The number of aromatic amines is 1. The van der Waals surface area contributed by atoms with Gasteiger partial charge < -0.3 is 15.0 Å². The number of β-amino-alcohol motifs (C(OH)–C–C–N with tert-alkyl or cyclic N) is 1. The smallest absolute Gasteiger partial charge is 0.0922 e. The van der Waals surface area contributed by atoms with E-state index in [9.17, 15) is 5.11 Å². The Morgan fingerprint density at radius 3 is 2.79 bits per heavy atom. The fraction of sp³-hybridized carbons (Fsp3) is 0.786. The molecule has 5 nitrogen and oxygen atoms in total. The monoisotopic (exact) mass is 264 g/mol. The van der Waals surface area contributed by atoms with Gasteiger partial charge in [0.15, 0.2) is 0 Å². The van der Waals surface area contributed by atoms with Gasteiger partial charge in [-0.25, -0.2) is 4.98 Å². The molecular formula is C14H24N4O. The maximum atomic E-state index is 10.7. The molecule has 2 N–H and O–H groups in total. The fourth-order valence-corrected chi connectivity index (χ4v) is 3.35. The molecule has 0 bridgehead atoms. The number of H-pyrrole nitrogens is 1. The molecule has 2 saturated heterocycles. The first-order valence-electron chi connectivity index (χ1n) is 7.38. The molecule has 2 aliphatic rings. The van der Waals surface area contributed by atoms with E-state index in [4.69, 9.17) is 0 Å². The van der Waals surface area contributed by atoms with Gasteiger partial charge in [0.1, 0.15) is 0 Å². The van der Waals surface area contributed by atoms with Crippen molar-refractivity contribution in [1.29, 1.82) is 0 Å². The van der Waals surface area contributed by atoms with Crippen LogP contribution in [0.3, 0.4) is 0 Å². The Kier molecular flexibility index (Phi) is 3.86. The Balaban J connectivity index is 1.51. The number of likely N-dealkylation sites (tertiary alicyclic amines) is 2. The normalized spacial score (nSPS) is 29.9. The van der Waals surface area contributed by atoms with Crippen molar-refractivity contribution in [1.82, 2.24) is 19.8 Å². The Bertz CT molecular complexity index is 388. The lowest BCUT2D eigenvalue weighted by Gasteiger charge is -2.33. The van der Waals surface area contributed by atoms with Crippen molar-refractivity contribution < 1.29 is 5.11 Å². The van der Waals surface area contributed by atoms with Crippen LogP contribution in [-0.4, -0.2) is 63.2 Å². The van der Waals surface area contributed by atoms with Crippen LogP contribution < -0.4 is 0 Å². The molecule has 0 aliphatic carbocycles. The van der Waals surface area contributed by atoms with Crippen LogP contribution in [0.4, 0.5) is 0 Å². The van der Waals surface area contributed by atoms with Gasteiger partial charge in [-0.1, -0.05) is 6.42 Å². The molecule has 0 unspecified atom stereocenters. The van der Waals surface area contributed by atoms with E-state index >= 15 is 0 Å². The number of aliphatic hydroxyl groups is 1. The maximum Gasteiger partial charge on any atom is 0.0922 e. The highest BCUT2D eigenvalue weighted by atomic mass is 16.3. The first-order valence-corrected chi connectivity index (χ1v) is 7.38. The number of hydrogen-bond acceptors (Lipinski definition) is 4. The molecule has 0 spiro atoms. The van der Waals surface area contributed by atoms with E-state index in [1.807, 2.05) is 6.20 Å². The third-order valence-electron chi connectivity index (χ3n) is 4.33. The van der Waals surface area contributed by atoms with Gasteiger partial charge in [-0.3, -0.25) is 4.90 Å². The lowest BCUT2D eigenvalue weighted by Crippen LogP contribution is -2.46. The van der Waals surface area contributed by atoms with Crippen LogP contribution >= 0.6 is 0 Å². The SMILES string of the molecule is O[C@@]1(CN2CCCCC2)CCN(Cc2cnc[nH]2)C1. The molecule has 2 fully saturated rings. The minimum absolute atomic E-state index is 0.517. The second kappa shape index (κ2) is 5.61. The van der Waals surface area contributed by atoms with Gasteiger partial charge in [0.2, 0.25) is 0 Å². The number of hydrogen-bond donors (Lipinski definition) is 2. The minimum atomic E-state index is -0.517. The summed E-state index contributed by atoms with van der Waals surface area (Å²) in [5.74, 6) is 0. The molecule has 0 radical (unpaired) electrons. The molecular weight excluding hydrogens is 240 g/mol. The number of nitrogens with one attached hydrogen (secondary N) is 1. The zero-order chi connectivity index (χ0) is 13.1. The van der Waals surface area contributed by atoms with E-state index in [1.165, 1.54) is 19.3 Å². The summed E-state index contributed by atoms with van der Waals surface area (Å²) in [4.78, 5) is 11.9. The summed E-state index contributed by atoms with van der Waals surface area (Å²) in [6, 6.07) is 0. The molecule has 0 amide bonds. The molecule has 0 aromatic carbocycles. The van der Waals surface area contributed by atoms with E-state index in [-0.39, 0.29) is 0 Å². The maximum absolute atomic E-state index is 10.7. The minimum Gasteiger partial charge on any atom is -0.387 e. The zero-order valence-electron chi connectivity index (χ0n) is 11.5. The average molecular weight is 264 g/mol. The summed E-state index contributed by atoms with van der Waals surface area (Å²) in [5.41, 5.74) is 0.611. The van der Waals surface area contributed by atoms with Gasteiger partial charge in [-0.15, -0.1) is 0 Å². The number of nitrogens with zero attached hydrogens (tertiary/aromatic N) is 3. The van der Waals surface area contributed by atoms with Gasteiger partial charge in [0.05, 0.1) is 11.9 Å². The second-order valence-electron chi connectivity index (χ2n) is 6.10. The number of aromatic nitrogens is 2. The fourth-order valence-electron chi connectivity index (χ4n) is 3.35. The lowest BCUT2D eigenvalue weighted by atomic mass is 10.0. The average Bonchev–Trinajstić information content (AvgIpc) is 3.02. The van der Waals surface area contributed by atoms with Gasteiger partial charge >= 0.3 is 0 Å². The van der Waals surface area contributed by atoms with Crippen LogP contribution in [0.5, 0.6) is 0 Å². The molecule has 3 heterocycles. The van der Waals surface area contributed by atoms with Crippen LogP contribution in [0.1, 0.15) is 31.4 Å². The van der Waals surface area contributed by atoms with Gasteiger partial charge in [0, 0.05) is 38.1 Å². The molecule has 19 heavy (non-hydrogen) atoms. The van der Waals surface area contributed by atoms with Crippen LogP contribution in [0.2, 0.25) is 0 Å². The predicted molar refractivity (Wildman–Crippen MR) is 73.7 cm³/mol. The van der Waals surface area contributed by atoms with Crippen molar-refractivity contribution in [3.05, 3.63) is 18.2 Å². The van der Waals surface area contributed by atoms with Crippen LogP contribution in [0.25, 0.3) is 0 Å². The van der Waals surface area contributed by atoms with Crippen molar-refractivity contribution in [3.63, 3.8) is 0 Å². The van der Waals surface area contributed by atoms with Crippen LogP contribution in [0, 0.1) is 0 Å². The molecule has 1 atom stereocenters. The van der Waals surface area contributed by atoms with Crippen LogP contribution in [-0.2, 0) is 6.54 Å². The predicted octanol–water partition coefficient (Wildman–Crippen LogP) is 0.832. The molecule has 2 aliphatic heterocycles. The van der Waals surface area contributed by atoms with Gasteiger partial charge in [-0.2, -0.15) is 0 Å². The highest BCUT2D eigenvalue weighted by Crippen LogP contribution is 2.25. The Labute approximate surface area is 114 Å². The third-order valence-corrected chi connectivity index (χ3v) is 4.33.